The third-order valence-electron chi connectivity index (χ3n) is 2.91. The molecule has 1 aromatic heterocycles. The normalized spacial score (nSPS) is 13.8. The van der Waals surface area contributed by atoms with Crippen molar-refractivity contribution in [2.45, 2.75) is 6.42 Å². The lowest BCUT2D eigenvalue weighted by Gasteiger charge is -2.17. The molecule has 4 nitrogen and oxygen atoms in total. The van der Waals surface area contributed by atoms with Crippen molar-refractivity contribution in [3.8, 4) is 0 Å². The van der Waals surface area contributed by atoms with Crippen molar-refractivity contribution in [1.29, 1.82) is 0 Å². The molecule has 3 rings (SSSR count). The number of aliphatic carboxylic acids is 1. The molecule has 4 heteroatoms. The molecule has 0 radical (unpaired) electrons. The molecule has 0 atom stereocenters. The summed E-state index contributed by atoms with van der Waals surface area (Å²) in [6.07, 6.45) is 3.71. The smallest absolute Gasteiger partial charge is 0.333 e. The predicted molar refractivity (Wildman–Crippen MR) is 64.8 cm³/mol. The Labute approximate surface area is 97.6 Å². The first-order valence-electron chi connectivity index (χ1n) is 5.31. The average Bonchev–Trinajstić information content (AvgIpc) is 2.38. The highest BCUT2D eigenvalue weighted by molar-refractivity contribution is 5.96. The number of aromatic nitrogens is 1. The lowest BCUT2D eigenvalue weighted by atomic mass is 9.99. The summed E-state index contributed by atoms with van der Waals surface area (Å²) in [5.41, 5.74) is 3.13. The number of benzene rings is 1. The van der Waals surface area contributed by atoms with E-state index < -0.39 is 5.97 Å². The van der Waals surface area contributed by atoms with E-state index >= 15 is 0 Å². The van der Waals surface area contributed by atoms with Gasteiger partial charge in [-0.1, -0.05) is 18.2 Å². The predicted octanol–water partition coefficient (Wildman–Crippen LogP) is 2.17. The van der Waals surface area contributed by atoms with Crippen LogP contribution < -0.4 is 5.32 Å². The van der Waals surface area contributed by atoms with Gasteiger partial charge in [-0.15, -0.1) is 0 Å². The first kappa shape index (κ1) is 9.84. The van der Waals surface area contributed by atoms with Crippen LogP contribution in [0.25, 0.3) is 10.9 Å². The first-order chi connectivity index (χ1) is 8.25. The van der Waals surface area contributed by atoms with E-state index in [9.17, 15) is 4.79 Å². The highest BCUT2D eigenvalue weighted by Gasteiger charge is 2.17. The summed E-state index contributed by atoms with van der Waals surface area (Å²) in [7, 11) is 0. The summed E-state index contributed by atoms with van der Waals surface area (Å²) in [5, 5.41) is 13.0. The number of fused-ring (bicyclic) bond motifs is 3. The van der Waals surface area contributed by atoms with Gasteiger partial charge in [0.05, 0.1) is 16.8 Å². The molecule has 0 bridgehead atoms. The number of rotatable bonds is 1. The molecule has 0 unspecified atom stereocenters. The Hall–Kier alpha value is -2.36. The van der Waals surface area contributed by atoms with Crippen molar-refractivity contribution >= 4 is 22.6 Å². The van der Waals surface area contributed by atoms with Gasteiger partial charge >= 0.3 is 5.97 Å². The first-order valence-corrected chi connectivity index (χ1v) is 5.31. The molecule has 0 saturated carbocycles. The van der Waals surface area contributed by atoms with E-state index in [4.69, 9.17) is 5.11 Å². The van der Waals surface area contributed by atoms with Crippen LogP contribution in [0.3, 0.4) is 0 Å². The maximum Gasteiger partial charge on any atom is 0.333 e. The number of nitrogens with one attached hydrogen (secondary N) is 1. The minimum Gasteiger partial charge on any atom is -0.478 e. The minimum absolute atomic E-state index is 0.368. The Balaban J connectivity index is 2.16. The second kappa shape index (κ2) is 3.59. The van der Waals surface area contributed by atoms with Crippen LogP contribution >= 0.6 is 0 Å². The van der Waals surface area contributed by atoms with Crippen LogP contribution in [0.4, 0.5) is 5.69 Å². The van der Waals surface area contributed by atoms with E-state index in [1.54, 1.807) is 12.4 Å². The topological polar surface area (TPSA) is 62.2 Å². The van der Waals surface area contributed by atoms with Crippen molar-refractivity contribution in [2.24, 2.45) is 0 Å². The van der Waals surface area contributed by atoms with Crippen LogP contribution in [0, 0.1) is 0 Å². The lowest BCUT2D eigenvalue weighted by molar-refractivity contribution is -0.132. The van der Waals surface area contributed by atoms with Gasteiger partial charge in [-0.3, -0.25) is 4.98 Å². The van der Waals surface area contributed by atoms with Crippen LogP contribution in [0.1, 0.15) is 5.56 Å². The number of carboxylic acid groups (broad SMARTS) is 1. The van der Waals surface area contributed by atoms with Gasteiger partial charge in [0.1, 0.15) is 0 Å². The Bertz CT molecular complexity index is 647. The molecule has 0 amide bonds. The van der Waals surface area contributed by atoms with E-state index in [0.717, 1.165) is 22.2 Å². The van der Waals surface area contributed by atoms with Gasteiger partial charge < -0.3 is 10.4 Å². The molecule has 0 saturated heterocycles. The maximum absolute atomic E-state index is 10.9. The molecule has 0 fully saturated rings. The van der Waals surface area contributed by atoms with E-state index in [1.165, 1.54) is 0 Å². The fraction of sp³-hybridized carbons (Fsp3) is 0.0769. The van der Waals surface area contributed by atoms with Crippen LogP contribution in [-0.2, 0) is 11.2 Å². The van der Waals surface area contributed by atoms with Gasteiger partial charge in [0.25, 0.3) is 0 Å². The third-order valence-corrected chi connectivity index (χ3v) is 2.91. The zero-order valence-electron chi connectivity index (χ0n) is 8.97. The fourth-order valence-electron chi connectivity index (χ4n) is 2.05. The second-order valence-corrected chi connectivity index (χ2v) is 3.97. The zero-order valence-corrected chi connectivity index (χ0v) is 8.97. The third kappa shape index (κ3) is 1.54. The second-order valence-electron chi connectivity index (χ2n) is 3.97. The monoisotopic (exact) mass is 226 g/mol. The van der Waals surface area contributed by atoms with E-state index in [0.29, 0.717) is 12.0 Å². The number of hydrogen-bond acceptors (Lipinski definition) is 3. The van der Waals surface area contributed by atoms with E-state index in [1.807, 2.05) is 24.3 Å². The van der Waals surface area contributed by atoms with Gasteiger partial charge in [-0.05, 0) is 11.6 Å². The molecule has 84 valence electrons. The van der Waals surface area contributed by atoms with Crippen LogP contribution in [-0.4, -0.2) is 16.1 Å². The van der Waals surface area contributed by atoms with Gasteiger partial charge in [-0.2, -0.15) is 0 Å². The largest absolute Gasteiger partial charge is 0.478 e. The quantitative estimate of drug-likeness (QED) is 0.782. The summed E-state index contributed by atoms with van der Waals surface area (Å²) >= 11 is 0. The Morgan fingerprint density at radius 1 is 1.35 bits per heavy atom. The fourth-order valence-corrected chi connectivity index (χ4v) is 2.05. The van der Waals surface area contributed by atoms with Gasteiger partial charge in [0.15, 0.2) is 0 Å². The molecule has 1 aliphatic rings. The van der Waals surface area contributed by atoms with Crippen LogP contribution in [0.5, 0.6) is 0 Å². The molecule has 2 N–H and O–H groups in total. The van der Waals surface area contributed by atoms with Gasteiger partial charge in [0.2, 0.25) is 0 Å². The Kier molecular flexibility index (Phi) is 2.08. The van der Waals surface area contributed by atoms with Gasteiger partial charge in [0, 0.05) is 24.2 Å². The molecule has 1 aromatic carbocycles. The number of pyridine rings is 1. The molecule has 1 aliphatic heterocycles. The summed E-state index contributed by atoms with van der Waals surface area (Å²) in [6.45, 7) is 0. The molecular formula is C13H10N2O2. The summed E-state index contributed by atoms with van der Waals surface area (Å²) in [5.74, 6) is -0.885. The van der Waals surface area contributed by atoms with Crippen LogP contribution in [0.15, 0.2) is 42.2 Å². The summed E-state index contributed by atoms with van der Waals surface area (Å²) in [4.78, 5) is 15.2. The average molecular weight is 226 g/mol. The SMILES string of the molecule is O=C(O)C1=CNc2c(ccc3cccnc23)C1. The van der Waals surface area contributed by atoms with Crippen LogP contribution in [0.2, 0.25) is 0 Å². The Morgan fingerprint density at radius 3 is 3.06 bits per heavy atom. The Morgan fingerprint density at radius 2 is 2.24 bits per heavy atom. The number of hydrogen-bond donors (Lipinski definition) is 2. The van der Waals surface area contributed by atoms with Crippen molar-refractivity contribution in [2.75, 3.05) is 5.32 Å². The molecule has 2 heterocycles. The maximum atomic E-state index is 10.9. The molecule has 2 aromatic rings. The minimum atomic E-state index is -0.885. The number of carboxylic acids is 1. The summed E-state index contributed by atoms with van der Waals surface area (Å²) in [6, 6.07) is 7.78. The summed E-state index contributed by atoms with van der Waals surface area (Å²) < 4.78 is 0. The highest BCUT2D eigenvalue weighted by atomic mass is 16.4. The molecule has 0 spiro atoms. The van der Waals surface area contributed by atoms with Gasteiger partial charge in [-0.25, -0.2) is 4.79 Å². The molecular weight excluding hydrogens is 216 g/mol. The number of carbonyl (C=O) groups is 1. The number of anilines is 1. The highest BCUT2D eigenvalue weighted by Crippen LogP contribution is 2.30. The molecule has 0 aliphatic carbocycles. The van der Waals surface area contributed by atoms with Crippen molar-refractivity contribution in [1.82, 2.24) is 4.98 Å². The zero-order chi connectivity index (χ0) is 11.8. The van der Waals surface area contributed by atoms with E-state index in [2.05, 4.69) is 10.3 Å². The molecule has 17 heavy (non-hydrogen) atoms. The van der Waals surface area contributed by atoms with E-state index in [-0.39, 0.29) is 0 Å². The van der Waals surface area contributed by atoms with Crippen molar-refractivity contribution in [3.05, 3.63) is 47.8 Å². The standard InChI is InChI=1S/C13H10N2O2/c16-13(17)10-6-9-4-3-8-2-1-5-14-11(8)12(9)15-7-10/h1-5,7,15H,6H2,(H,16,17). The van der Waals surface area contributed by atoms with Crippen molar-refractivity contribution in [3.63, 3.8) is 0 Å². The van der Waals surface area contributed by atoms with Crippen molar-refractivity contribution < 1.29 is 9.90 Å². The number of nitrogens with zero attached hydrogens (tertiary/aromatic N) is 1. The lowest BCUT2D eigenvalue weighted by Crippen LogP contribution is -2.12.